The number of aromatic nitrogens is 4. The number of amides is 1. The van der Waals surface area contributed by atoms with Crippen LogP contribution in [-0.4, -0.2) is 38.8 Å². The molecule has 25 heavy (non-hydrogen) atoms. The van der Waals surface area contributed by atoms with E-state index >= 15 is 0 Å². The molecule has 0 fully saturated rings. The van der Waals surface area contributed by atoms with Gasteiger partial charge in [0.2, 0.25) is 6.79 Å². The molecule has 1 aliphatic heterocycles. The minimum atomic E-state index is -0.340. The van der Waals surface area contributed by atoms with Gasteiger partial charge in [-0.15, -0.1) is 0 Å². The van der Waals surface area contributed by atoms with Gasteiger partial charge in [-0.05, 0) is 12.1 Å². The Morgan fingerprint density at radius 2 is 2.16 bits per heavy atom. The van der Waals surface area contributed by atoms with Crippen LogP contribution in [0.25, 0.3) is 5.82 Å². The van der Waals surface area contributed by atoms with E-state index in [1.807, 2.05) is 0 Å². The Hall–Kier alpha value is -3.62. The molecule has 3 heterocycles. The summed E-state index contributed by atoms with van der Waals surface area (Å²) in [6.45, 7) is 0.0241. The fourth-order valence-electron chi connectivity index (χ4n) is 2.25. The van der Waals surface area contributed by atoms with Gasteiger partial charge in [0, 0.05) is 24.5 Å². The zero-order chi connectivity index (χ0) is 17.1. The predicted molar refractivity (Wildman–Crippen MR) is 85.8 cm³/mol. The van der Waals surface area contributed by atoms with Crippen molar-refractivity contribution in [1.29, 1.82) is 0 Å². The smallest absolute Gasteiger partial charge is 0.263 e. The van der Waals surface area contributed by atoms with Gasteiger partial charge < -0.3 is 19.5 Å². The third kappa shape index (κ3) is 3.34. The van der Waals surface area contributed by atoms with Crippen LogP contribution in [0.2, 0.25) is 0 Å². The average molecular weight is 339 g/mol. The number of fused-ring (bicyclic) bond motifs is 1. The monoisotopic (exact) mass is 339 g/mol. The van der Waals surface area contributed by atoms with Gasteiger partial charge in [0.25, 0.3) is 5.91 Å². The molecule has 0 atom stereocenters. The number of ether oxygens (including phenoxy) is 3. The number of carbonyl (C=O) groups is 1. The van der Waals surface area contributed by atoms with E-state index in [0.29, 0.717) is 28.9 Å². The van der Waals surface area contributed by atoms with Crippen LogP contribution < -0.4 is 19.5 Å². The Bertz CT molecular complexity index is 897. The highest BCUT2D eigenvalue weighted by atomic mass is 16.7. The Balaban J connectivity index is 1.37. The molecule has 1 aromatic carbocycles. The molecule has 0 unspecified atom stereocenters. The van der Waals surface area contributed by atoms with Crippen molar-refractivity contribution in [3.8, 4) is 23.1 Å². The summed E-state index contributed by atoms with van der Waals surface area (Å²) in [7, 11) is 0. The summed E-state index contributed by atoms with van der Waals surface area (Å²) >= 11 is 0. The fourth-order valence-corrected chi connectivity index (χ4v) is 2.25. The van der Waals surface area contributed by atoms with Gasteiger partial charge in [-0.25, -0.2) is 15.0 Å². The lowest BCUT2D eigenvalue weighted by molar-refractivity contribution is -0.118. The Morgan fingerprint density at radius 3 is 3.04 bits per heavy atom. The Morgan fingerprint density at radius 1 is 1.24 bits per heavy atom. The summed E-state index contributed by atoms with van der Waals surface area (Å²) in [6, 6.07) is 6.76. The Kier molecular flexibility index (Phi) is 3.87. The maximum atomic E-state index is 12.0. The lowest BCUT2D eigenvalue weighted by Gasteiger charge is -2.08. The van der Waals surface area contributed by atoms with E-state index in [0.717, 1.165) is 0 Å². The number of imidazole rings is 1. The highest BCUT2D eigenvalue weighted by Gasteiger charge is 2.14. The van der Waals surface area contributed by atoms with Crippen molar-refractivity contribution in [2.24, 2.45) is 0 Å². The van der Waals surface area contributed by atoms with E-state index in [2.05, 4.69) is 20.3 Å². The van der Waals surface area contributed by atoms with E-state index in [4.69, 9.17) is 14.2 Å². The number of nitrogens with zero attached hydrogens (tertiary/aromatic N) is 4. The number of nitrogens with one attached hydrogen (secondary N) is 1. The Labute approximate surface area is 142 Å². The molecule has 1 amide bonds. The number of carbonyl (C=O) groups excluding carboxylic acids is 1. The maximum absolute atomic E-state index is 12.0. The van der Waals surface area contributed by atoms with Crippen LogP contribution in [-0.2, 0) is 4.79 Å². The molecule has 2 aromatic heterocycles. The summed E-state index contributed by atoms with van der Waals surface area (Å²) < 4.78 is 17.7. The lowest BCUT2D eigenvalue weighted by atomic mass is 10.3. The van der Waals surface area contributed by atoms with E-state index in [1.165, 1.54) is 6.33 Å². The molecule has 0 saturated heterocycles. The second-order valence-corrected chi connectivity index (χ2v) is 5.08. The van der Waals surface area contributed by atoms with Crippen LogP contribution in [0.15, 0.2) is 49.3 Å². The normalized spacial score (nSPS) is 12.0. The second-order valence-electron chi connectivity index (χ2n) is 5.08. The molecule has 0 saturated carbocycles. The van der Waals surface area contributed by atoms with E-state index < -0.39 is 0 Å². The molecule has 0 spiro atoms. The first kappa shape index (κ1) is 14.9. The van der Waals surface area contributed by atoms with E-state index in [1.54, 1.807) is 47.6 Å². The first-order valence-electron chi connectivity index (χ1n) is 7.40. The average Bonchev–Trinajstić information content (AvgIpc) is 3.31. The van der Waals surface area contributed by atoms with Crippen molar-refractivity contribution in [3.63, 3.8) is 0 Å². The summed E-state index contributed by atoms with van der Waals surface area (Å²) in [4.78, 5) is 24.1. The molecule has 3 aromatic rings. The van der Waals surface area contributed by atoms with Gasteiger partial charge >= 0.3 is 0 Å². The van der Waals surface area contributed by atoms with Crippen LogP contribution in [0.5, 0.6) is 17.2 Å². The van der Waals surface area contributed by atoms with Gasteiger partial charge in [-0.3, -0.25) is 9.36 Å². The van der Waals surface area contributed by atoms with Gasteiger partial charge in [-0.1, -0.05) is 0 Å². The number of anilines is 1. The van der Waals surface area contributed by atoms with Gasteiger partial charge in [0.1, 0.15) is 30.0 Å². The van der Waals surface area contributed by atoms with Gasteiger partial charge in [-0.2, -0.15) is 0 Å². The second kappa shape index (κ2) is 6.48. The molecule has 126 valence electrons. The van der Waals surface area contributed by atoms with E-state index in [-0.39, 0.29) is 19.3 Å². The zero-order valence-corrected chi connectivity index (χ0v) is 13.0. The van der Waals surface area contributed by atoms with Gasteiger partial charge in [0.05, 0.1) is 0 Å². The highest BCUT2D eigenvalue weighted by Crippen LogP contribution is 2.35. The van der Waals surface area contributed by atoms with Crippen LogP contribution >= 0.6 is 0 Å². The van der Waals surface area contributed by atoms with E-state index in [9.17, 15) is 4.79 Å². The minimum Gasteiger partial charge on any atom is -0.484 e. The van der Waals surface area contributed by atoms with Crippen LogP contribution in [0.1, 0.15) is 0 Å². The summed E-state index contributed by atoms with van der Waals surface area (Å²) in [5, 5.41) is 2.66. The SMILES string of the molecule is O=C(COc1ccc2c(c1)OCO2)Nc1cc(-n2ccnc2)ncn1. The van der Waals surface area contributed by atoms with Crippen molar-refractivity contribution < 1.29 is 19.0 Å². The number of benzene rings is 1. The summed E-state index contributed by atoms with van der Waals surface area (Å²) in [6.07, 6.45) is 6.36. The highest BCUT2D eigenvalue weighted by molar-refractivity contribution is 5.91. The molecule has 0 aliphatic carbocycles. The van der Waals surface area contributed by atoms with Crippen molar-refractivity contribution in [2.75, 3.05) is 18.7 Å². The molecule has 9 heteroatoms. The molecule has 1 aliphatic rings. The maximum Gasteiger partial charge on any atom is 0.263 e. The standard InChI is InChI=1S/C16H13N5O4/c22-16(7-23-11-1-2-12-13(5-11)25-10-24-12)20-14-6-15(19-8-18-14)21-4-3-17-9-21/h1-6,8-9H,7,10H2,(H,18,19,20,22). The van der Waals surface area contributed by atoms with Crippen molar-refractivity contribution >= 4 is 11.7 Å². The lowest BCUT2D eigenvalue weighted by Crippen LogP contribution is -2.21. The largest absolute Gasteiger partial charge is 0.484 e. The summed E-state index contributed by atoms with van der Waals surface area (Å²) in [5.74, 6) is 2.40. The fraction of sp³-hybridized carbons (Fsp3) is 0.125. The number of rotatable bonds is 5. The number of hydrogen-bond acceptors (Lipinski definition) is 7. The molecule has 4 rings (SSSR count). The molecule has 9 nitrogen and oxygen atoms in total. The van der Waals surface area contributed by atoms with Crippen LogP contribution in [0.4, 0.5) is 5.82 Å². The topological polar surface area (TPSA) is 100 Å². The first-order valence-corrected chi connectivity index (χ1v) is 7.40. The van der Waals surface area contributed by atoms with Crippen LogP contribution in [0.3, 0.4) is 0 Å². The predicted octanol–water partition coefficient (Wildman–Crippen LogP) is 1.41. The van der Waals surface area contributed by atoms with Crippen molar-refractivity contribution in [1.82, 2.24) is 19.5 Å². The number of hydrogen-bond donors (Lipinski definition) is 1. The molecule has 1 N–H and O–H groups in total. The minimum absolute atomic E-state index is 0.163. The zero-order valence-electron chi connectivity index (χ0n) is 13.0. The van der Waals surface area contributed by atoms with Crippen LogP contribution in [0, 0.1) is 0 Å². The third-order valence-electron chi connectivity index (χ3n) is 3.40. The van der Waals surface area contributed by atoms with Crippen molar-refractivity contribution in [3.05, 3.63) is 49.3 Å². The third-order valence-corrected chi connectivity index (χ3v) is 3.40. The van der Waals surface area contributed by atoms with Gasteiger partial charge in [0.15, 0.2) is 18.1 Å². The molecular formula is C16H13N5O4. The first-order chi connectivity index (χ1) is 12.3. The molecule has 0 radical (unpaired) electrons. The van der Waals surface area contributed by atoms with Crippen molar-refractivity contribution in [2.45, 2.75) is 0 Å². The summed E-state index contributed by atoms with van der Waals surface area (Å²) in [5.41, 5.74) is 0. The quantitative estimate of drug-likeness (QED) is 0.750. The molecule has 0 bridgehead atoms. The molecular weight excluding hydrogens is 326 g/mol.